The maximum Gasteiger partial charge on any atom is 0.406 e. The van der Waals surface area contributed by atoms with E-state index in [2.05, 4.69) is 59.0 Å². The van der Waals surface area contributed by atoms with Gasteiger partial charge < -0.3 is 10.5 Å². The minimum absolute atomic E-state index is 0.0241. The summed E-state index contributed by atoms with van der Waals surface area (Å²) in [4.78, 5) is 0. The quantitative estimate of drug-likeness (QED) is 0.693. The molecule has 0 aliphatic heterocycles. The van der Waals surface area contributed by atoms with Gasteiger partial charge in [0, 0.05) is 11.4 Å². The molecular weight excluding hydrogens is 255 g/mol. The normalized spacial score (nSPS) is 9.90. The van der Waals surface area contributed by atoms with E-state index >= 15 is 0 Å². The summed E-state index contributed by atoms with van der Waals surface area (Å²) in [6.07, 6.45) is 0. The fourth-order valence-electron chi connectivity index (χ4n) is 2.25. The fraction of sp³-hybridized carbons (Fsp3) is 0. The van der Waals surface area contributed by atoms with Crippen molar-refractivity contribution in [1.29, 1.82) is 0 Å². The Morgan fingerprint density at radius 3 is 1.29 bits per heavy atom. The van der Waals surface area contributed by atoms with Crippen LogP contribution < -0.4 is 15.9 Å². The van der Waals surface area contributed by atoms with Gasteiger partial charge in [0.05, 0.1) is 0 Å². The highest BCUT2D eigenvalue weighted by Gasteiger charge is 2.17. The minimum atomic E-state index is 0.0241. The lowest BCUT2D eigenvalue weighted by molar-refractivity contribution is 1.60. The summed E-state index contributed by atoms with van der Waals surface area (Å²) in [6.45, 7) is 0.0241. The molecule has 0 aliphatic rings. The van der Waals surface area contributed by atoms with Crippen LogP contribution in [0.1, 0.15) is 0 Å². The second-order valence-corrected chi connectivity index (χ2v) is 4.86. The molecule has 3 aromatic rings. The third-order valence-corrected chi connectivity index (χ3v) is 3.30. The van der Waals surface area contributed by atoms with Gasteiger partial charge in [0.2, 0.25) is 0 Å². The summed E-state index contributed by atoms with van der Waals surface area (Å²) in [5, 5.41) is 7.07. The first-order valence-electron chi connectivity index (χ1n) is 7.10. The Labute approximate surface area is 126 Å². The van der Waals surface area contributed by atoms with Gasteiger partial charge in [-0.1, -0.05) is 66.7 Å². The van der Waals surface area contributed by atoms with E-state index in [1.807, 2.05) is 42.5 Å². The molecule has 0 heterocycles. The van der Waals surface area contributed by atoms with Crippen LogP contribution in [0.4, 0.5) is 11.4 Å². The summed E-state index contributed by atoms with van der Waals surface area (Å²) in [6, 6.07) is 30.9. The number of hydrogen-bond acceptors (Lipinski definition) is 2. The molecule has 0 radical (unpaired) electrons. The summed E-state index contributed by atoms with van der Waals surface area (Å²) in [5.41, 5.74) is 3.38. The molecule has 3 rings (SSSR count). The van der Waals surface area contributed by atoms with Gasteiger partial charge in [0.15, 0.2) is 0 Å². The molecule has 0 aliphatic carbocycles. The SMILES string of the molecule is c1ccc(NB(Nc2ccccc2)c2ccccc2)cc1. The predicted molar refractivity (Wildman–Crippen MR) is 92.0 cm³/mol. The molecule has 0 bridgehead atoms. The molecule has 0 saturated heterocycles. The van der Waals surface area contributed by atoms with Gasteiger partial charge in [-0.05, 0) is 29.7 Å². The molecule has 0 saturated carbocycles. The number of anilines is 2. The zero-order valence-corrected chi connectivity index (χ0v) is 11.7. The van der Waals surface area contributed by atoms with Crippen LogP contribution in [-0.2, 0) is 0 Å². The maximum absolute atomic E-state index is 3.53. The van der Waals surface area contributed by atoms with Gasteiger partial charge in [-0.15, -0.1) is 0 Å². The first kappa shape index (κ1) is 13.3. The molecule has 3 aromatic carbocycles. The Morgan fingerprint density at radius 1 is 0.476 bits per heavy atom. The van der Waals surface area contributed by atoms with Crippen LogP contribution in [0.3, 0.4) is 0 Å². The van der Waals surface area contributed by atoms with E-state index in [4.69, 9.17) is 0 Å². The molecular formula is C18H17BN2. The van der Waals surface area contributed by atoms with E-state index in [1.165, 1.54) is 5.46 Å². The molecule has 2 N–H and O–H groups in total. The summed E-state index contributed by atoms with van der Waals surface area (Å²) in [5.74, 6) is 0. The van der Waals surface area contributed by atoms with Crippen molar-refractivity contribution in [2.24, 2.45) is 0 Å². The van der Waals surface area contributed by atoms with E-state index in [0.717, 1.165) is 11.4 Å². The van der Waals surface area contributed by atoms with Crippen LogP contribution in [0.15, 0.2) is 91.0 Å². The van der Waals surface area contributed by atoms with Gasteiger partial charge in [-0.25, -0.2) is 0 Å². The highest BCUT2D eigenvalue weighted by Crippen LogP contribution is 2.10. The van der Waals surface area contributed by atoms with Crippen LogP contribution in [0.5, 0.6) is 0 Å². The lowest BCUT2D eigenvalue weighted by Gasteiger charge is -2.18. The summed E-state index contributed by atoms with van der Waals surface area (Å²) >= 11 is 0. The van der Waals surface area contributed by atoms with Crippen molar-refractivity contribution in [1.82, 2.24) is 0 Å². The van der Waals surface area contributed by atoms with E-state index in [9.17, 15) is 0 Å². The van der Waals surface area contributed by atoms with Gasteiger partial charge >= 0.3 is 6.98 Å². The van der Waals surface area contributed by atoms with Crippen molar-refractivity contribution in [3.63, 3.8) is 0 Å². The number of rotatable bonds is 5. The van der Waals surface area contributed by atoms with Crippen LogP contribution in [0, 0.1) is 0 Å². The van der Waals surface area contributed by atoms with Crippen LogP contribution in [0.25, 0.3) is 0 Å². The Bertz CT molecular complexity index is 615. The zero-order chi connectivity index (χ0) is 14.3. The van der Waals surface area contributed by atoms with Crippen LogP contribution in [-0.4, -0.2) is 6.98 Å². The molecule has 0 spiro atoms. The van der Waals surface area contributed by atoms with Gasteiger partial charge in [-0.3, -0.25) is 0 Å². The highest BCUT2D eigenvalue weighted by atomic mass is 15.0. The van der Waals surface area contributed by atoms with Crippen molar-refractivity contribution >= 4 is 23.8 Å². The second-order valence-electron chi connectivity index (χ2n) is 4.86. The number of para-hydroxylation sites is 2. The summed E-state index contributed by atoms with van der Waals surface area (Å²) < 4.78 is 0. The molecule has 2 nitrogen and oxygen atoms in total. The molecule has 21 heavy (non-hydrogen) atoms. The van der Waals surface area contributed by atoms with Crippen molar-refractivity contribution in [2.45, 2.75) is 0 Å². The van der Waals surface area contributed by atoms with E-state index in [0.29, 0.717) is 0 Å². The largest absolute Gasteiger partial charge is 0.406 e. The van der Waals surface area contributed by atoms with Crippen molar-refractivity contribution in [2.75, 3.05) is 10.5 Å². The van der Waals surface area contributed by atoms with Gasteiger partial charge in [0.1, 0.15) is 0 Å². The Balaban J connectivity index is 1.84. The fourth-order valence-corrected chi connectivity index (χ4v) is 2.25. The van der Waals surface area contributed by atoms with Crippen molar-refractivity contribution in [3.05, 3.63) is 91.0 Å². The lowest BCUT2D eigenvalue weighted by Crippen LogP contribution is -2.46. The molecule has 0 unspecified atom stereocenters. The van der Waals surface area contributed by atoms with Crippen LogP contribution >= 0.6 is 0 Å². The monoisotopic (exact) mass is 272 g/mol. The molecule has 0 amide bonds. The van der Waals surface area contributed by atoms with Crippen LogP contribution in [0.2, 0.25) is 0 Å². The van der Waals surface area contributed by atoms with Gasteiger partial charge in [0.25, 0.3) is 0 Å². The smallest absolute Gasteiger partial charge is 0.405 e. The predicted octanol–water partition coefficient (Wildman–Crippen LogP) is 3.61. The van der Waals surface area contributed by atoms with E-state index < -0.39 is 0 Å². The first-order valence-corrected chi connectivity index (χ1v) is 7.10. The second kappa shape index (κ2) is 6.66. The molecule has 3 heteroatoms. The molecule has 0 aromatic heterocycles. The lowest BCUT2D eigenvalue weighted by atomic mass is 9.67. The van der Waals surface area contributed by atoms with Crippen molar-refractivity contribution in [3.8, 4) is 0 Å². The third-order valence-electron chi connectivity index (χ3n) is 3.30. The maximum atomic E-state index is 3.53. The Morgan fingerprint density at radius 2 is 0.857 bits per heavy atom. The third kappa shape index (κ3) is 3.66. The average molecular weight is 272 g/mol. The first-order chi connectivity index (χ1) is 10.4. The molecule has 102 valence electrons. The number of benzene rings is 3. The Hall–Kier alpha value is -2.68. The number of hydrogen-bond donors (Lipinski definition) is 2. The molecule has 0 fully saturated rings. The average Bonchev–Trinajstić information content (AvgIpc) is 2.57. The highest BCUT2D eigenvalue weighted by molar-refractivity contribution is 6.78. The zero-order valence-electron chi connectivity index (χ0n) is 11.7. The van der Waals surface area contributed by atoms with E-state index in [-0.39, 0.29) is 6.98 Å². The Kier molecular flexibility index (Phi) is 4.22. The minimum Gasteiger partial charge on any atom is -0.405 e. The van der Waals surface area contributed by atoms with Crippen molar-refractivity contribution < 1.29 is 0 Å². The molecule has 0 atom stereocenters. The summed E-state index contributed by atoms with van der Waals surface area (Å²) in [7, 11) is 0. The standard InChI is InChI=1S/C18H17BN2/c1-4-10-16(11-5-1)19(20-17-12-6-2-7-13-17)21-18-14-8-3-9-15-18/h1-15,20-21H. The number of nitrogens with one attached hydrogen (secondary N) is 2. The topological polar surface area (TPSA) is 24.1 Å². The van der Waals surface area contributed by atoms with Gasteiger partial charge in [-0.2, -0.15) is 0 Å². The van der Waals surface area contributed by atoms with E-state index in [1.54, 1.807) is 0 Å².